The van der Waals surface area contributed by atoms with Gasteiger partial charge in [-0.25, -0.2) is 0 Å². The number of fused-ring (bicyclic) bond motifs is 1. The van der Waals surface area contributed by atoms with Crippen molar-refractivity contribution in [3.63, 3.8) is 0 Å². The molecule has 6 heteroatoms. The number of carbonyl (C=O) groups excluding carboxylic acids is 1. The number of anilines is 2. The Kier molecular flexibility index (Phi) is 4.72. The first-order valence-corrected chi connectivity index (χ1v) is 8.38. The minimum Gasteiger partial charge on any atom is -0.359 e. The topological polar surface area (TPSA) is 32.3 Å². The van der Waals surface area contributed by atoms with Gasteiger partial charge in [0.2, 0.25) is 5.91 Å². The highest BCUT2D eigenvalue weighted by molar-refractivity contribution is 6.42. The van der Waals surface area contributed by atoms with Crippen LogP contribution in [0.15, 0.2) is 36.4 Å². The third kappa shape index (κ3) is 3.42. The number of hydrogen-bond donors (Lipinski definition) is 1. The highest BCUT2D eigenvalue weighted by Crippen LogP contribution is 2.34. The average Bonchev–Trinajstić information content (AvgIpc) is 2.79. The summed E-state index contributed by atoms with van der Waals surface area (Å²) in [4.78, 5) is 14.5. The van der Waals surface area contributed by atoms with Gasteiger partial charge in [-0.1, -0.05) is 53.0 Å². The Morgan fingerprint density at radius 3 is 2.57 bits per heavy atom. The molecule has 0 radical (unpaired) electrons. The number of halogens is 3. The Labute approximate surface area is 150 Å². The lowest BCUT2D eigenvalue weighted by molar-refractivity contribution is -0.115. The number of nitrogens with one attached hydrogen (secondary N) is 1. The first-order valence-electron chi connectivity index (χ1n) is 7.24. The summed E-state index contributed by atoms with van der Waals surface area (Å²) in [5.41, 5.74) is 2.75. The number of carbonyl (C=O) groups is 1. The lowest BCUT2D eigenvalue weighted by atomic mass is 10.1. The minimum absolute atomic E-state index is 0.167. The van der Waals surface area contributed by atoms with Crippen LogP contribution in [0, 0.1) is 0 Å². The van der Waals surface area contributed by atoms with Crippen LogP contribution in [-0.2, 0) is 11.2 Å². The maximum absolute atomic E-state index is 12.4. The van der Waals surface area contributed by atoms with Gasteiger partial charge < -0.3 is 10.2 Å². The fourth-order valence-electron chi connectivity index (χ4n) is 2.87. The maximum atomic E-state index is 12.4. The van der Waals surface area contributed by atoms with Gasteiger partial charge in [0.1, 0.15) is 0 Å². The van der Waals surface area contributed by atoms with Crippen molar-refractivity contribution < 1.29 is 4.79 Å². The molecule has 0 aromatic heterocycles. The molecule has 1 heterocycles. The SMILES string of the molecule is C[C@@H]1Cc2ccccc2N1CC(=O)Nc1c(Cl)cc(Cl)cc1Cl. The normalized spacial score (nSPS) is 16.3. The molecule has 0 unspecified atom stereocenters. The Morgan fingerprint density at radius 1 is 1.22 bits per heavy atom. The van der Waals surface area contributed by atoms with Crippen LogP contribution < -0.4 is 10.2 Å². The summed E-state index contributed by atoms with van der Waals surface area (Å²) < 4.78 is 0. The van der Waals surface area contributed by atoms with Crippen molar-refractivity contribution in [1.29, 1.82) is 0 Å². The molecular weight excluding hydrogens is 355 g/mol. The van der Waals surface area contributed by atoms with Crippen molar-refractivity contribution >= 4 is 52.1 Å². The largest absolute Gasteiger partial charge is 0.359 e. The molecular formula is C17H15Cl3N2O. The molecule has 120 valence electrons. The highest BCUT2D eigenvalue weighted by atomic mass is 35.5. The van der Waals surface area contributed by atoms with E-state index in [1.165, 1.54) is 5.56 Å². The average molecular weight is 370 g/mol. The van der Waals surface area contributed by atoms with E-state index < -0.39 is 0 Å². The summed E-state index contributed by atoms with van der Waals surface area (Å²) in [6.07, 6.45) is 0.936. The van der Waals surface area contributed by atoms with Crippen LogP contribution >= 0.6 is 34.8 Å². The lowest BCUT2D eigenvalue weighted by Gasteiger charge is -2.24. The summed E-state index contributed by atoms with van der Waals surface area (Å²) in [5, 5.41) is 3.86. The fourth-order valence-corrected chi connectivity index (χ4v) is 3.78. The molecule has 1 amide bonds. The van der Waals surface area contributed by atoms with E-state index in [1.807, 2.05) is 18.2 Å². The lowest BCUT2D eigenvalue weighted by Crippen LogP contribution is -2.37. The predicted molar refractivity (Wildman–Crippen MR) is 97.1 cm³/mol. The summed E-state index contributed by atoms with van der Waals surface area (Å²) in [7, 11) is 0. The Morgan fingerprint density at radius 2 is 1.87 bits per heavy atom. The van der Waals surface area contributed by atoms with Crippen molar-refractivity contribution in [2.24, 2.45) is 0 Å². The molecule has 1 N–H and O–H groups in total. The molecule has 0 saturated carbocycles. The van der Waals surface area contributed by atoms with E-state index in [4.69, 9.17) is 34.8 Å². The van der Waals surface area contributed by atoms with Gasteiger partial charge in [-0.15, -0.1) is 0 Å². The van der Waals surface area contributed by atoms with E-state index in [0.717, 1.165) is 12.1 Å². The maximum Gasteiger partial charge on any atom is 0.243 e. The zero-order valence-corrected chi connectivity index (χ0v) is 14.7. The summed E-state index contributed by atoms with van der Waals surface area (Å²) in [6, 6.07) is 11.5. The van der Waals surface area contributed by atoms with Crippen LogP contribution in [0.25, 0.3) is 0 Å². The van der Waals surface area contributed by atoms with Crippen molar-refractivity contribution in [3.8, 4) is 0 Å². The number of benzene rings is 2. The highest BCUT2D eigenvalue weighted by Gasteiger charge is 2.27. The molecule has 0 saturated heterocycles. The molecule has 0 spiro atoms. The molecule has 1 aliphatic heterocycles. The summed E-state index contributed by atoms with van der Waals surface area (Å²) in [5.74, 6) is -0.167. The first kappa shape index (κ1) is 16.4. The Balaban J connectivity index is 1.76. The predicted octanol–water partition coefficient (Wildman–Crippen LogP) is 5.04. The third-order valence-electron chi connectivity index (χ3n) is 3.93. The minimum atomic E-state index is -0.167. The van der Waals surface area contributed by atoms with Gasteiger partial charge in [-0.05, 0) is 37.1 Å². The molecule has 23 heavy (non-hydrogen) atoms. The molecule has 0 bridgehead atoms. The van der Waals surface area contributed by atoms with Crippen LogP contribution in [0.5, 0.6) is 0 Å². The van der Waals surface area contributed by atoms with Crippen LogP contribution in [0.3, 0.4) is 0 Å². The van der Waals surface area contributed by atoms with E-state index in [2.05, 4.69) is 23.2 Å². The van der Waals surface area contributed by atoms with Crippen molar-refractivity contribution in [1.82, 2.24) is 0 Å². The number of hydrogen-bond acceptors (Lipinski definition) is 2. The Bertz CT molecular complexity index is 740. The van der Waals surface area contributed by atoms with Crippen molar-refractivity contribution in [2.75, 3.05) is 16.8 Å². The Hall–Kier alpha value is -1.42. The molecule has 3 nitrogen and oxygen atoms in total. The molecule has 3 rings (SSSR count). The van der Waals surface area contributed by atoms with Gasteiger partial charge in [0, 0.05) is 16.8 Å². The van der Waals surface area contributed by atoms with E-state index in [0.29, 0.717) is 20.8 Å². The quantitative estimate of drug-likeness (QED) is 0.822. The van der Waals surface area contributed by atoms with Gasteiger partial charge in [0.25, 0.3) is 0 Å². The van der Waals surface area contributed by atoms with Crippen LogP contribution in [0.2, 0.25) is 15.1 Å². The smallest absolute Gasteiger partial charge is 0.243 e. The first-order chi connectivity index (χ1) is 11.0. The monoisotopic (exact) mass is 368 g/mol. The van der Waals surface area contributed by atoms with E-state index >= 15 is 0 Å². The molecule has 0 aliphatic carbocycles. The van der Waals surface area contributed by atoms with Crippen molar-refractivity contribution in [3.05, 3.63) is 57.0 Å². The molecule has 1 aliphatic rings. The van der Waals surface area contributed by atoms with Gasteiger partial charge in [-0.3, -0.25) is 4.79 Å². The number of para-hydroxylation sites is 1. The zero-order valence-electron chi connectivity index (χ0n) is 12.4. The number of nitrogens with zero attached hydrogens (tertiary/aromatic N) is 1. The molecule has 2 aromatic rings. The second-order valence-electron chi connectivity index (χ2n) is 5.60. The van der Waals surface area contributed by atoms with Gasteiger partial charge in [0.15, 0.2) is 0 Å². The summed E-state index contributed by atoms with van der Waals surface area (Å²) >= 11 is 18.1. The van der Waals surface area contributed by atoms with E-state index in [1.54, 1.807) is 12.1 Å². The van der Waals surface area contributed by atoms with Crippen LogP contribution in [0.1, 0.15) is 12.5 Å². The van der Waals surface area contributed by atoms with Crippen LogP contribution in [0.4, 0.5) is 11.4 Å². The number of amides is 1. The van der Waals surface area contributed by atoms with E-state index in [9.17, 15) is 4.79 Å². The molecule has 2 aromatic carbocycles. The third-order valence-corrected chi connectivity index (χ3v) is 4.75. The van der Waals surface area contributed by atoms with Crippen LogP contribution in [-0.4, -0.2) is 18.5 Å². The second kappa shape index (κ2) is 6.60. The number of rotatable bonds is 3. The van der Waals surface area contributed by atoms with Gasteiger partial charge in [0.05, 0.1) is 22.3 Å². The van der Waals surface area contributed by atoms with Crippen molar-refractivity contribution in [2.45, 2.75) is 19.4 Å². The summed E-state index contributed by atoms with van der Waals surface area (Å²) in [6.45, 7) is 2.35. The zero-order chi connectivity index (χ0) is 16.6. The molecule has 0 fully saturated rings. The second-order valence-corrected chi connectivity index (χ2v) is 6.85. The van der Waals surface area contributed by atoms with Gasteiger partial charge in [-0.2, -0.15) is 0 Å². The van der Waals surface area contributed by atoms with E-state index in [-0.39, 0.29) is 18.5 Å². The fraction of sp³-hybridized carbons (Fsp3) is 0.235. The standard InChI is InChI=1S/C17H15Cl3N2O/c1-10-6-11-4-2-3-5-15(11)22(10)9-16(23)21-17-13(19)7-12(18)8-14(17)20/h2-5,7-8,10H,6,9H2,1H3,(H,21,23)/t10-/m1/s1. The van der Waals surface area contributed by atoms with Gasteiger partial charge >= 0.3 is 0 Å². The molecule has 1 atom stereocenters.